The molecule has 0 N–H and O–H groups in total. The molecule has 0 fully saturated rings. The molecular weight excluding hydrogens is 895 g/mol. The second kappa shape index (κ2) is 16.9. The highest BCUT2D eigenvalue weighted by atomic mass is 19.1. The normalized spacial score (nSPS) is 12.6. The lowest BCUT2D eigenvalue weighted by Gasteiger charge is -2.34. The van der Waals surface area contributed by atoms with Crippen LogP contribution in [0.15, 0.2) is 267 Å². The molecule has 2 nitrogen and oxygen atoms in total. The number of para-hydroxylation sites is 2. The molecule has 344 valence electrons. The summed E-state index contributed by atoms with van der Waals surface area (Å²) < 4.78 is 32.7. The first-order chi connectivity index (χ1) is 36.0. The Morgan fingerprint density at radius 2 is 0.603 bits per heavy atom. The van der Waals surface area contributed by atoms with Gasteiger partial charge in [0.05, 0.1) is 16.8 Å². The summed E-state index contributed by atoms with van der Waals surface area (Å²) in [6.07, 6.45) is 0. The fourth-order valence-electron chi connectivity index (χ4n) is 12.2. The molecule has 0 saturated carbocycles. The number of anilines is 6. The summed E-state index contributed by atoms with van der Waals surface area (Å²) in [6.45, 7) is 0. The lowest BCUT2D eigenvalue weighted by Crippen LogP contribution is -2.26. The van der Waals surface area contributed by atoms with Gasteiger partial charge < -0.3 is 9.80 Å². The van der Waals surface area contributed by atoms with E-state index in [9.17, 15) is 0 Å². The number of nitrogens with zero attached hydrogens (tertiary/aromatic N) is 2. The zero-order chi connectivity index (χ0) is 48.6. The van der Waals surface area contributed by atoms with E-state index >= 15 is 8.78 Å². The summed E-state index contributed by atoms with van der Waals surface area (Å²) in [5.41, 5.74) is 17.1. The molecule has 12 aromatic rings. The van der Waals surface area contributed by atoms with Crippen molar-refractivity contribution in [2.24, 2.45) is 0 Å². The summed E-state index contributed by atoms with van der Waals surface area (Å²) in [5, 5.41) is 4.24. The fraction of sp³-hybridized carbons (Fsp3) is 0.0145. The van der Waals surface area contributed by atoms with Crippen molar-refractivity contribution in [1.82, 2.24) is 0 Å². The van der Waals surface area contributed by atoms with Gasteiger partial charge in [-0.15, -0.1) is 0 Å². The molecule has 0 unspecified atom stereocenters. The number of benzene rings is 12. The second-order valence-electron chi connectivity index (χ2n) is 19.0. The Kier molecular flexibility index (Phi) is 9.84. The first-order valence-corrected chi connectivity index (χ1v) is 24.8. The van der Waals surface area contributed by atoms with E-state index in [2.05, 4.69) is 155 Å². The summed E-state index contributed by atoms with van der Waals surface area (Å²) >= 11 is 0. The van der Waals surface area contributed by atoms with Crippen LogP contribution in [0.2, 0.25) is 0 Å². The van der Waals surface area contributed by atoms with Crippen LogP contribution < -0.4 is 9.80 Å². The first-order valence-electron chi connectivity index (χ1n) is 24.8. The lowest BCUT2D eigenvalue weighted by molar-refractivity contribution is 0.628. The Hall–Kier alpha value is -9.38. The highest BCUT2D eigenvalue weighted by Crippen LogP contribution is 2.67. The summed E-state index contributed by atoms with van der Waals surface area (Å²) in [7, 11) is 0. The van der Waals surface area contributed by atoms with Gasteiger partial charge in [-0.05, 0) is 150 Å². The third-order valence-corrected chi connectivity index (χ3v) is 15.1. The van der Waals surface area contributed by atoms with Gasteiger partial charge in [-0.1, -0.05) is 194 Å². The molecule has 2 aliphatic rings. The molecule has 0 heterocycles. The van der Waals surface area contributed by atoms with Crippen molar-refractivity contribution in [3.63, 3.8) is 0 Å². The van der Waals surface area contributed by atoms with Crippen molar-refractivity contribution >= 4 is 55.7 Å². The molecule has 2 aliphatic carbocycles. The quantitative estimate of drug-likeness (QED) is 0.150. The van der Waals surface area contributed by atoms with E-state index in [1.165, 1.54) is 22.3 Å². The van der Waals surface area contributed by atoms with Crippen LogP contribution in [-0.2, 0) is 5.41 Å². The van der Waals surface area contributed by atoms with Crippen LogP contribution in [-0.4, -0.2) is 0 Å². The van der Waals surface area contributed by atoms with Crippen LogP contribution in [0.25, 0.3) is 66.1 Å². The Bertz CT molecular complexity index is 3850. The number of hydrogen-bond acceptors (Lipinski definition) is 2. The minimum atomic E-state index is -0.825. The third kappa shape index (κ3) is 6.61. The monoisotopic (exact) mass is 938 g/mol. The van der Waals surface area contributed by atoms with Crippen molar-refractivity contribution in [3.8, 4) is 44.5 Å². The molecule has 0 atom stereocenters. The zero-order valence-corrected chi connectivity index (χ0v) is 39.6. The van der Waals surface area contributed by atoms with E-state index in [4.69, 9.17) is 0 Å². The van der Waals surface area contributed by atoms with Gasteiger partial charge in [-0.2, -0.15) is 0 Å². The molecule has 1 spiro atoms. The maximum Gasteiger partial charge on any atom is 0.125 e. The minimum Gasteiger partial charge on any atom is -0.310 e. The Morgan fingerprint density at radius 1 is 0.260 bits per heavy atom. The summed E-state index contributed by atoms with van der Waals surface area (Å²) in [4.78, 5) is 4.47. The van der Waals surface area contributed by atoms with Gasteiger partial charge in [0, 0.05) is 33.5 Å². The van der Waals surface area contributed by atoms with E-state index in [0.29, 0.717) is 11.4 Å². The second-order valence-corrected chi connectivity index (χ2v) is 19.0. The number of halogens is 2. The molecule has 0 aromatic heterocycles. The topological polar surface area (TPSA) is 6.48 Å². The van der Waals surface area contributed by atoms with Gasteiger partial charge in [0.25, 0.3) is 0 Å². The van der Waals surface area contributed by atoms with Crippen molar-refractivity contribution in [3.05, 3.63) is 301 Å². The number of hydrogen-bond donors (Lipinski definition) is 0. The van der Waals surface area contributed by atoms with Crippen LogP contribution in [0, 0.1) is 11.6 Å². The molecule has 0 amide bonds. The molecular formula is C69H44F2N2. The standard InChI is InChI=1S/C69H44F2N2/c70-49-37-47(45-21-5-1-6-22-45)39-53(41-49)72(51-25-9-3-10-26-51)65-43-63-67(59-33-15-13-31-57(59)65)68-60-34-16-14-32-58(60)66(44-64(68)69(63)61-35-19-17-29-55(61)56-30-18-20-36-62(56)69)73(52-27-11-4-12-28-52)54-40-48(38-50(71)42-54)46-23-7-2-8-24-46/h1-44H. The fourth-order valence-corrected chi connectivity index (χ4v) is 12.2. The molecule has 12 aromatic carbocycles. The molecule has 14 rings (SSSR count). The molecule has 0 aliphatic heterocycles. The zero-order valence-electron chi connectivity index (χ0n) is 39.6. The maximum absolute atomic E-state index is 16.4. The van der Waals surface area contributed by atoms with E-state index in [-0.39, 0.29) is 11.6 Å². The Morgan fingerprint density at radius 3 is 1.01 bits per heavy atom. The SMILES string of the molecule is Fc1cc(-c2ccccc2)cc(N(c2ccccc2)c2cc3c(c4ccccc24)-c2c(cc(N(c4ccccc4)c4cc(F)cc(-c5ccccc5)c4)c4ccccc24)C32c3ccccc3-c3ccccc32)c1. The molecule has 4 heteroatoms. The van der Waals surface area contributed by atoms with E-state index < -0.39 is 5.41 Å². The van der Waals surface area contributed by atoms with Crippen molar-refractivity contribution in [2.45, 2.75) is 5.41 Å². The average molecular weight is 939 g/mol. The molecule has 0 bridgehead atoms. The average Bonchev–Trinajstić information content (AvgIpc) is 3.94. The van der Waals surface area contributed by atoms with Gasteiger partial charge in [-0.3, -0.25) is 0 Å². The van der Waals surface area contributed by atoms with E-state index in [1.807, 2.05) is 97.1 Å². The number of fused-ring (bicyclic) bond motifs is 14. The molecule has 0 radical (unpaired) electrons. The van der Waals surface area contributed by atoms with Gasteiger partial charge in [0.2, 0.25) is 0 Å². The number of rotatable bonds is 8. The Labute approximate surface area is 423 Å². The maximum atomic E-state index is 16.4. The van der Waals surface area contributed by atoms with Crippen LogP contribution in [0.1, 0.15) is 22.3 Å². The van der Waals surface area contributed by atoms with Gasteiger partial charge >= 0.3 is 0 Å². The van der Waals surface area contributed by atoms with Crippen LogP contribution in [0.5, 0.6) is 0 Å². The van der Waals surface area contributed by atoms with Crippen molar-refractivity contribution in [1.29, 1.82) is 0 Å². The third-order valence-electron chi connectivity index (χ3n) is 15.1. The van der Waals surface area contributed by atoms with E-state index in [1.54, 1.807) is 24.3 Å². The minimum absolute atomic E-state index is 0.318. The van der Waals surface area contributed by atoms with Crippen LogP contribution in [0.3, 0.4) is 0 Å². The van der Waals surface area contributed by atoms with Gasteiger partial charge in [0.1, 0.15) is 11.6 Å². The predicted octanol–water partition coefficient (Wildman–Crippen LogP) is 18.9. The lowest BCUT2D eigenvalue weighted by atomic mass is 9.70. The smallest absolute Gasteiger partial charge is 0.125 e. The van der Waals surface area contributed by atoms with Crippen molar-refractivity contribution in [2.75, 3.05) is 9.80 Å². The first kappa shape index (κ1) is 42.5. The highest BCUT2D eigenvalue weighted by Gasteiger charge is 2.53. The van der Waals surface area contributed by atoms with Gasteiger partial charge in [-0.25, -0.2) is 8.78 Å². The van der Waals surface area contributed by atoms with Crippen LogP contribution in [0.4, 0.5) is 42.9 Å². The van der Waals surface area contributed by atoms with Crippen LogP contribution >= 0.6 is 0 Å². The van der Waals surface area contributed by atoms with Crippen molar-refractivity contribution < 1.29 is 8.78 Å². The molecule has 0 saturated heterocycles. The Balaban J connectivity index is 1.12. The predicted molar refractivity (Wildman–Crippen MR) is 298 cm³/mol. The van der Waals surface area contributed by atoms with E-state index in [0.717, 1.165) is 88.8 Å². The summed E-state index contributed by atoms with van der Waals surface area (Å²) in [5.74, 6) is -0.636. The van der Waals surface area contributed by atoms with Gasteiger partial charge in [0.15, 0.2) is 0 Å². The largest absolute Gasteiger partial charge is 0.310 e. The molecule has 73 heavy (non-hydrogen) atoms. The highest BCUT2D eigenvalue weighted by molar-refractivity contribution is 6.19. The summed E-state index contributed by atoms with van der Waals surface area (Å²) in [6, 6.07) is 91.4.